The highest BCUT2D eigenvalue weighted by Crippen LogP contribution is 2.37. The molecule has 0 aliphatic carbocycles. The number of amides is 1. The second-order valence-electron chi connectivity index (χ2n) is 9.49. The maximum Gasteiger partial charge on any atom is 0.435 e. The second kappa shape index (κ2) is 9.51. The molecule has 1 aromatic heterocycles. The van der Waals surface area contributed by atoms with E-state index in [4.69, 9.17) is 0 Å². The SMILES string of the molecule is CS(=O)(=O)c1ccc(N2CCCCC2)c(C(=O)N2CCc3c(c(C(F)(F)F)nn3-c3ccccc3)C2)c1. The third kappa shape index (κ3) is 4.96. The summed E-state index contributed by atoms with van der Waals surface area (Å²) in [6.07, 6.45) is -0.473. The van der Waals surface area contributed by atoms with E-state index in [1.54, 1.807) is 36.4 Å². The van der Waals surface area contributed by atoms with E-state index in [1.807, 2.05) is 4.90 Å². The molecule has 1 fully saturated rings. The van der Waals surface area contributed by atoms with Crippen LogP contribution in [-0.2, 0) is 29.0 Å². The minimum atomic E-state index is -4.69. The average molecular weight is 533 g/mol. The summed E-state index contributed by atoms with van der Waals surface area (Å²) in [6.45, 7) is 1.37. The molecule has 37 heavy (non-hydrogen) atoms. The van der Waals surface area contributed by atoms with Gasteiger partial charge in [-0.1, -0.05) is 18.2 Å². The van der Waals surface area contributed by atoms with Crippen LogP contribution in [0.3, 0.4) is 0 Å². The van der Waals surface area contributed by atoms with E-state index in [9.17, 15) is 26.4 Å². The Morgan fingerprint density at radius 1 is 0.973 bits per heavy atom. The van der Waals surface area contributed by atoms with Crippen molar-refractivity contribution in [2.75, 3.05) is 30.8 Å². The highest BCUT2D eigenvalue weighted by atomic mass is 32.2. The molecule has 0 saturated carbocycles. The lowest BCUT2D eigenvalue weighted by atomic mass is 10.0. The number of hydrogen-bond donors (Lipinski definition) is 0. The summed E-state index contributed by atoms with van der Waals surface area (Å²) in [6, 6.07) is 13.1. The number of nitrogens with zero attached hydrogens (tertiary/aromatic N) is 4. The summed E-state index contributed by atoms with van der Waals surface area (Å²) in [5.74, 6) is -0.489. The third-order valence-electron chi connectivity index (χ3n) is 6.94. The summed E-state index contributed by atoms with van der Waals surface area (Å²) in [5.41, 5.74) is 0.696. The molecule has 3 aromatic rings. The topological polar surface area (TPSA) is 75.5 Å². The Morgan fingerprint density at radius 3 is 2.32 bits per heavy atom. The normalized spacial score (nSPS) is 16.5. The molecule has 196 valence electrons. The summed E-state index contributed by atoms with van der Waals surface area (Å²) in [5, 5.41) is 3.90. The van der Waals surface area contributed by atoms with Crippen LogP contribution in [0.1, 0.15) is 46.6 Å². The lowest BCUT2D eigenvalue weighted by molar-refractivity contribution is -0.142. The zero-order chi connectivity index (χ0) is 26.4. The number of rotatable bonds is 4. The van der Waals surface area contributed by atoms with Crippen LogP contribution in [0.4, 0.5) is 18.9 Å². The molecule has 1 amide bonds. The predicted molar refractivity (Wildman–Crippen MR) is 133 cm³/mol. The van der Waals surface area contributed by atoms with Gasteiger partial charge in [-0.15, -0.1) is 0 Å². The van der Waals surface area contributed by atoms with Gasteiger partial charge in [0.2, 0.25) is 0 Å². The lowest BCUT2D eigenvalue weighted by Crippen LogP contribution is -2.38. The number of anilines is 1. The van der Waals surface area contributed by atoms with Crippen LogP contribution in [0.5, 0.6) is 0 Å². The molecule has 1 saturated heterocycles. The second-order valence-corrected chi connectivity index (χ2v) is 11.5. The zero-order valence-corrected chi connectivity index (χ0v) is 21.1. The monoisotopic (exact) mass is 532 g/mol. The Hall–Kier alpha value is -3.34. The molecule has 0 atom stereocenters. The first-order valence-electron chi connectivity index (χ1n) is 12.2. The largest absolute Gasteiger partial charge is 0.435 e. The maximum atomic E-state index is 14.0. The number of para-hydroxylation sites is 1. The number of piperidine rings is 1. The van der Waals surface area contributed by atoms with E-state index in [1.165, 1.54) is 21.7 Å². The van der Waals surface area contributed by atoms with Crippen LogP contribution < -0.4 is 4.90 Å². The van der Waals surface area contributed by atoms with Gasteiger partial charge in [0, 0.05) is 50.1 Å². The van der Waals surface area contributed by atoms with E-state index in [0.29, 0.717) is 17.1 Å². The maximum absolute atomic E-state index is 14.0. The standard InChI is InChI=1S/C26H27F3N4O3S/c1-37(35,36)19-10-11-22(31-13-6-3-7-14-31)20(16-19)25(34)32-15-12-23-21(17-32)24(26(27,28)29)30-33(23)18-8-4-2-5-9-18/h2,4-5,8-11,16H,3,6-7,12-15,17H2,1H3. The lowest BCUT2D eigenvalue weighted by Gasteiger charge is -2.33. The Bertz CT molecular complexity index is 1430. The number of alkyl halides is 3. The Labute approximate surface area is 213 Å². The fraction of sp³-hybridized carbons (Fsp3) is 0.385. The minimum absolute atomic E-state index is 0.00202. The fourth-order valence-corrected chi connectivity index (χ4v) is 5.75. The van der Waals surface area contributed by atoms with E-state index < -0.39 is 27.6 Å². The quantitative estimate of drug-likeness (QED) is 0.495. The number of aromatic nitrogens is 2. The molecule has 0 unspecified atom stereocenters. The molecular weight excluding hydrogens is 505 g/mol. The summed E-state index contributed by atoms with van der Waals surface area (Å²) >= 11 is 0. The van der Waals surface area contributed by atoms with Gasteiger partial charge in [0.1, 0.15) is 0 Å². The van der Waals surface area contributed by atoms with E-state index >= 15 is 0 Å². The van der Waals surface area contributed by atoms with Crippen molar-refractivity contribution >= 4 is 21.4 Å². The Kier molecular flexibility index (Phi) is 6.51. The number of carbonyl (C=O) groups is 1. The minimum Gasteiger partial charge on any atom is -0.371 e. The Morgan fingerprint density at radius 2 is 1.68 bits per heavy atom. The molecular formula is C26H27F3N4O3S. The zero-order valence-electron chi connectivity index (χ0n) is 20.3. The number of benzene rings is 2. The molecule has 3 heterocycles. The number of hydrogen-bond acceptors (Lipinski definition) is 5. The van der Waals surface area contributed by atoms with Crippen LogP contribution in [0.25, 0.3) is 5.69 Å². The molecule has 0 radical (unpaired) electrons. The van der Waals surface area contributed by atoms with Gasteiger partial charge < -0.3 is 9.80 Å². The van der Waals surface area contributed by atoms with Gasteiger partial charge in [-0.2, -0.15) is 18.3 Å². The first-order valence-corrected chi connectivity index (χ1v) is 14.0. The van der Waals surface area contributed by atoms with Crippen molar-refractivity contribution in [3.05, 3.63) is 71.0 Å². The van der Waals surface area contributed by atoms with Gasteiger partial charge in [0.15, 0.2) is 15.5 Å². The summed E-state index contributed by atoms with van der Waals surface area (Å²) < 4.78 is 67.8. The van der Waals surface area contributed by atoms with E-state index in [-0.39, 0.29) is 35.5 Å². The fourth-order valence-electron chi connectivity index (χ4n) is 5.10. The van der Waals surface area contributed by atoms with Crippen LogP contribution in [0, 0.1) is 0 Å². The number of sulfone groups is 1. The van der Waals surface area contributed by atoms with Crippen molar-refractivity contribution < 1.29 is 26.4 Å². The summed E-state index contributed by atoms with van der Waals surface area (Å²) in [4.78, 5) is 17.2. The van der Waals surface area contributed by atoms with Crippen molar-refractivity contribution in [2.24, 2.45) is 0 Å². The molecule has 2 aliphatic heterocycles. The van der Waals surface area contributed by atoms with Crippen molar-refractivity contribution in [1.29, 1.82) is 0 Å². The molecule has 7 nitrogen and oxygen atoms in total. The van der Waals surface area contributed by atoms with Gasteiger partial charge in [-0.05, 0) is 49.6 Å². The number of halogens is 3. The first kappa shape index (κ1) is 25.3. The molecule has 2 aliphatic rings. The van der Waals surface area contributed by atoms with Gasteiger partial charge >= 0.3 is 6.18 Å². The van der Waals surface area contributed by atoms with Gasteiger partial charge in [0.25, 0.3) is 5.91 Å². The number of carbonyl (C=O) groups excluding carboxylic acids is 1. The van der Waals surface area contributed by atoms with E-state index in [0.717, 1.165) is 38.6 Å². The predicted octanol–water partition coefficient (Wildman–Crippen LogP) is 4.48. The van der Waals surface area contributed by atoms with Gasteiger partial charge in [-0.25, -0.2) is 13.1 Å². The number of fused-ring (bicyclic) bond motifs is 1. The van der Waals surface area contributed by atoms with Crippen molar-refractivity contribution in [1.82, 2.24) is 14.7 Å². The van der Waals surface area contributed by atoms with Crippen LogP contribution >= 0.6 is 0 Å². The van der Waals surface area contributed by atoms with Crippen LogP contribution in [0.15, 0.2) is 53.4 Å². The highest BCUT2D eigenvalue weighted by molar-refractivity contribution is 7.90. The van der Waals surface area contributed by atoms with Crippen LogP contribution in [0.2, 0.25) is 0 Å². The molecule has 2 aromatic carbocycles. The molecule has 5 rings (SSSR count). The molecule has 0 bridgehead atoms. The van der Waals surface area contributed by atoms with Crippen LogP contribution in [-0.4, -0.2) is 54.9 Å². The van der Waals surface area contributed by atoms with E-state index in [2.05, 4.69) is 5.10 Å². The Balaban J connectivity index is 1.55. The van der Waals surface area contributed by atoms with Crippen molar-refractivity contribution in [2.45, 2.75) is 43.3 Å². The first-order chi connectivity index (χ1) is 17.5. The van der Waals surface area contributed by atoms with Gasteiger partial charge in [-0.3, -0.25) is 4.79 Å². The van der Waals surface area contributed by atoms with Crippen molar-refractivity contribution in [3.63, 3.8) is 0 Å². The molecule has 11 heteroatoms. The van der Waals surface area contributed by atoms with Gasteiger partial charge in [0.05, 0.1) is 21.8 Å². The molecule has 0 N–H and O–H groups in total. The highest BCUT2D eigenvalue weighted by Gasteiger charge is 2.41. The smallest absolute Gasteiger partial charge is 0.371 e. The molecule has 0 spiro atoms. The average Bonchev–Trinajstić information content (AvgIpc) is 3.28. The third-order valence-corrected chi connectivity index (χ3v) is 8.05. The van der Waals surface area contributed by atoms with Crippen molar-refractivity contribution in [3.8, 4) is 5.69 Å². The summed E-state index contributed by atoms with van der Waals surface area (Å²) in [7, 11) is -3.59.